The average Bonchev–Trinajstić information content (AvgIpc) is 2.63. The van der Waals surface area contributed by atoms with Crippen LogP contribution in [0.15, 0.2) is 24.5 Å². The molecule has 0 spiro atoms. The van der Waals surface area contributed by atoms with Gasteiger partial charge in [-0.1, -0.05) is 0 Å². The first-order valence-corrected chi connectivity index (χ1v) is 9.00. The molecule has 0 radical (unpaired) electrons. The highest BCUT2D eigenvalue weighted by molar-refractivity contribution is 7.99. The summed E-state index contributed by atoms with van der Waals surface area (Å²) in [4.78, 5) is 29.3. The van der Waals surface area contributed by atoms with Gasteiger partial charge < -0.3 is 10.0 Å². The fourth-order valence-electron chi connectivity index (χ4n) is 3.05. The van der Waals surface area contributed by atoms with Crippen molar-refractivity contribution in [3.63, 3.8) is 0 Å². The van der Waals surface area contributed by atoms with Crippen LogP contribution in [0, 0.1) is 0 Å². The molecule has 23 heavy (non-hydrogen) atoms. The largest absolute Gasteiger partial charge is 0.483 e. The Hall–Kier alpha value is -1.60. The van der Waals surface area contributed by atoms with E-state index in [0.717, 1.165) is 25.9 Å². The van der Waals surface area contributed by atoms with E-state index in [-0.39, 0.29) is 12.4 Å². The Morgan fingerprint density at radius 1 is 1.26 bits per heavy atom. The van der Waals surface area contributed by atoms with E-state index in [1.807, 2.05) is 17.0 Å². The number of likely N-dealkylation sites (tertiary alicyclic amines) is 1. The Morgan fingerprint density at radius 2 is 1.91 bits per heavy atom. The Bertz CT molecular complexity index is 487. The highest BCUT2D eigenvalue weighted by Crippen LogP contribution is 2.21. The molecular weight excluding hydrogens is 314 g/mol. The maximum atomic E-state index is 12.4. The normalized spacial score (nSPS) is 19.6. The number of carbonyl (C=O) groups is 2. The van der Waals surface area contributed by atoms with Crippen molar-refractivity contribution in [3.8, 4) is 0 Å². The lowest BCUT2D eigenvalue weighted by Gasteiger charge is -2.40. The van der Waals surface area contributed by atoms with E-state index in [2.05, 4.69) is 21.6 Å². The highest BCUT2D eigenvalue weighted by Gasteiger charge is 2.28. The number of aromatic nitrogens is 1. The smallest absolute Gasteiger partial charge is 0.290 e. The van der Waals surface area contributed by atoms with E-state index >= 15 is 0 Å². The molecule has 1 N–H and O–H groups in total. The van der Waals surface area contributed by atoms with Gasteiger partial charge in [-0.3, -0.25) is 19.5 Å². The number of pyridine rings is 1. The molecule has 126 valence electrons. The van der Waals surface area contributed by atoms with Crippen LogP contribution in [0.25, 0.3) is 0 Å². The van der Waals surface area contributed by atoms with Gasteiger partial charge in [-0.2, -0.15) is 11.8 Å². The molecule has 2 saturated heterocycles. The van der Waals surface area contributed by atoms with Gasteiger partial charge in [-0.25, -0.2) is 0 Å². The number of rotatable bonds is 2. The lowest BCUT2D eigenvalue weighted by molar-refractivity contribution is -0.122. The van der Waals surface area contributed by atoms with E-state index < -0.39 is 0 Å². The zero-order chi connectivity index (χ0) is 16.5. The molecule has 6 nitrogen and oxygen atoms in total. The molecule has 0 unspecified atom stereocenters. The second-order valence-corrected chi connectivity index (χ2v) is 6.74. The van der Waals surface area contributed by atoms with Crippen molar-refractivity contribution >= 4 is 24.1 Å². The van der Waals surface area contributed by atoms with Gasteiger partial charge in [-0.05, 0) is 25.0 Å². The third kappa shape index (κ3) is 5.21. The topological polar surface area (TPSA) is 73.7 Å². The molecule has 0 atom stereocenters. The third-order valence-electron chi connectivity index (χ3n) is 4.22. The summed E-state index contributed by atoms with van der Waals surface area (Å²) < 4.78 is 0. The fourth-order valence-corrected chi connectivity index (χ4v) is 3.98. The van der Waals surface area contributed by atoms with Crippen LogP contribution in [-0.2, 0) is 4.79 Å². The summed E-state index contributed by atoms with van der Waals surface area (Å²) in [5, 5.41) is 6.89. The summed E-state index contributed by atoms with van der Waals surface area (Å²) >= 11 is 2.05. The number of piperidine rings is 1. The zero-order valence-electron chi connectivity index (χ0n) is 13.1. The van der Waals surface area contributed by atoms with Gasteiger partial charge in [0.2, 0.25) is 0 Å². The molecule has 1 aromatic heterocycles. The Balaban J connectivity index is 0.000000595. The van der Waals surface area contributed by atoms with Crippen LogP contribution in [0.3, 0.4) is 0 Å². The summed E-state index contributed by atoms with van der Waals surface area (Å²) in [6, 6.07) is 4.35. The average molecular weight is 337 g/mol. The molecule has 3 heterocycles. The first-order chi connectivity index (χ1) is 11.3. The Morgan fingerprint density at radius 3 is 2.48 bits per heavy atom. The van der Waals surface area contributed by atoms with Crippen molar-refractivity contribution in [2.24, 2.45) is 0 Å². The molecule has 2 fully saturated rings. The van der Waals surface area contributed by atoms with Crippen molar-refractivity contribution in [3.05, 3.63) is 30.1 Å². The van der Waals surface area contributed by atoms with Crippen LogP contribution in [-0.4, -0.2) is 76.0 Å². The number of hydrogen-bond acceptors (Lipinski definition) is 5. The van der Waals surface area contributed by atoms with Gasteiger partial charge in [0.15, 0.2) is 0 Å². The lowest BCUT2D eigenvalue weighted by atomic mass is 10.0. The SMILES string of the molecule is O=C(c1cccnc1)N1CCC(N2CCSCC2)CC1.O=CO. The molecule has 3 rings (SSSR count). The molecule has 0 aliphatic carbocycles. The molecular formula is C16H23N3O3S. The minimum Gasteiger partial charge on any atom is -0.483 e. The van der Waals surface area contributed by atoms with Crippen molar-refractivity contribution in [1.82, 2.24) is 14.8 Å². The van der Waals surface area contributed by atoms with E-state index in [4.69, 9.17) is 9.90 Å². The van der Waals surface area contributed by atoms with Crippen LogP contribution in [0.1, 0.15) is 23.2 Å². The van der Waals surface area contributed by atoms with Gasteiger partial charge >= 0.3 is 0 Å². The zero-order valence-corrected chi connectivity index (χ0v) is 14.0. The van der Waals surface area contributed by atoms with Crippen LogP contribution in [0.2, 0.25) is 0 Å². The van der Waals surface area contributed by atoms with E-state index in [1.165, 1.54) is 24.6 Å². The number of amides is 1. The number of carbonyl (C=O) groups excluding carboxylic acids is 1. The molecule has 1 amide bonds. The molecule has 2 aliphatic rings. The Kier molecular flexibility index (Phi) is 7.35. The Labute approximate surface area is 140 Å². The summed E-state index contributed by atoms with van der Waals surface area (Å²) in [7, 11) is 0. The van der Waals surface area contributed by atoms with Crippen molar-refractivity contribution in [1.29, 1.82) is 0 Å². The summed E-state index contributed by atoms with van der Waals surface area (Å²) in [5.74, 6) is 2.65. The van der Waals surface area contributed by atoms with E-state index in [9.17, 15) is 4.79 Å². The monoisotopic (exact) mass is 337 g/mol. The number of thioether (sulfide) groups is 1. The molecule has 7 heteroatoms. The van der Waals surface area contributed by atoms with E-state index in [1.54, 1.807) is 12.4 Å². The maximum Gasteiger partial charge on any atom is 0.290 e. The minimum absolute atomic E-state index is 0.130. The molecule has 0 aromatic carbocycles. The number of hydrogen-bond donors (Lipinski definition) is 1. The highest BCUT2D eigenvalue weighted by atomic mass is 32.2. The molecule has 1 aromatic rings. The van der Waals surface area contributed by atoms with Crippen molar-refractivity contribution in [2.75, 3.05) is 37.7 Å². The van der Waals surface area contributed by atoms with E-state index in [0.29, 0.717) is 11.6 Å². The van der Waals surface area contributed by atoms with Crippen molar-refractivity contribution in [2.45, 2.75) is 18.9 Å². The van der Waals surface area contributed by atoms with Crippen LogP contribution in [0.4, 0.5) is 0 Å². The second kappa shape index (κ2) is 9.52. The van der Waals surface area contributed by atoms with Crippen LogP contribution in [0.5, 0.6) is 0 Å². The summed E-state index contributed by atoms with van der Waals surface area (Å²) in [6.45, 7) is 3.93. The first-order valence-electron chi connectivity index (χ1n) is 7.85. The van der Waals surface area contributed by atoms with Crippen molar-refractivity contribution < 1.29 is 14.7 Å². The summed E-state index contributed by atoms with van der Waals surface area (Å²) in [6.07, 6.45) is 5.58. The third-order valence-corrected chi connectivity index (χ3v) is 5.16. The van der Waals surface area contributed by atoms with Gasteiger partial charge in [0.25, 0.3) is 12.4 Å². The van der Waals surface area contributed by atoms with Gasteiger partial charge in [0.05, 0.1) is 5.56 Å². The predicted octanol–water partition coefficient (Wildman–Crippen LogP) is 1.44. The van der Waals surface area contributed by atoms with Crippen LogP contribution < -0.4 is 0 Å². The number of nitrogens with zero attached hydrogens (tertiary/aromatic N) is 3. The molecule has 0 bridgehead atoms. The maximum absolute atomic E-state index is 12.4. The molecule has 0 saturated carbocycles. The van der Waals surface area contributed by atoms with Gasteiger partial charge in [0, 0.05) is 56.1 Å². The van der Waals surface area contributed by atoms with Crippen LogP contribution >= 0.6 is 11.8 Å². The predicted molar refractivity (Wildman–Crippen MR) is 90.8 cm³/mol. The lowest BCUT2D eigenvalue weighted by Crippen LogP contribution is -2.49. The molecule has 2 aliphatic heterocycles. The standard InChI is InChI=1S/C15H21N3OS.CH2O2/c19-15(13-2-1-5-16-12-13)18-6-3-14(4-7-18)17-8-10-20-11-9-17;2-1-3/h1-2,5,12,14H,3-4,6-11H2;1H,(H,2,3). The minimum atomic E-state index is -0.250. The quantitative estimate of drug-likeness (QED) is 0.823. The van der Waals surface area contributed by atoms with Gasteiger partial charge in [0.1, 0.15) is 0 Å². The summed E-state index contributed by atoms with van der Waals surface area (Å²) in [5.41, 5.74) is 0.709. The van der Waals surface area contributed by atoms with Gasteiger partial charge in [-0.15, -0.1) is 0 Å². The first kappa shape index (κ1) is 17.7. The number of carboxylic acid groups (broad SMARTS) is 1. The second-order valence-electron chi connectivity index (χ2n) is 5.52. The fraction of sp³-hybridized carbons (Fsp3) is 0.562.